The lowest BCUT2D eigenvalue weighted by Crippen LogP contribution is -1.95. The number of ether oxygens (including phenoxy) is 1. The van der Waals surface area contributed by atoms with E-state index >= 15 is 0 Å². The molecule has 0 radical (unpaired) electrons. The van der Waals surface area contributed by atoms with Crippen LogP contribution in [0.1, 0.15) is 15.6 Å². The third kappa shape index (κ3) is 3.09. The number of benzene rings is 1. The van der Waals surface area contributed by atoms with Crippen molar-refractivity contribution in [3.8, 4) is 17.2 Å². The van der Waals surface area contributed by atoms with Gasteiger partial charge in [-0.3, -0.25) is 0 Å². The summed E-state index contributed by atoms with van der Waals surface area (Å²) in [5.74, 6) is 0.249. The average Bonchev–Trinajstić information content (AvgIpc) is 3.15. The minimum Gasteiger partial charge on any atom is -0.483 e. The number of nitrogens with zero attached hydrogens (tertiary/aromatic N) is 2. The Morgan fingerprint density at radius 2 is 2.10 bits per heavy atom. The van der Waals surface area contributed by atoms with Crippen LogP contribution in [0.3, 0.4) is 0 Å². The second kappa shape index (κ2) is 5.76. The summed E-state index contributed by atoms with van der Waals surface area (Å²) in [6.07, 6.45) is 0. The third-order valence-electron chi connectivity index (χ3n) is 2.64. The number of hydrogen-bond acceptors (Lipinski definition) is 6. The number of rotatable bonds is 5. The summed E-state index contributed by atoms with van der Waals surface area (Å²) in [6, 6.07) is 10.9. The highest BCUT2D eigenvalue weighted by molar-refractivity contribution is 7.12. The maximum atomic E-state index is 10.8. The molecule has 0 saturated carbocycles. The fourth-order valence-corrected chi connectivity index (χ4v) is 2.33. The number of carboxylic acids is 1. The largest absolute Gasteiger partial charge is 0.483 e. The highest BCUT2D eigenvalue weighted by atomic mass is 32.1. The van der Waals surface area contributed by atoms with Gasteiger partial charge in [-0.2, -0.15) is 0 Å². The highest BCUT2D eigenvalue weighted by Gasteiger charge is 2.11. The molecule has 2 aromatic heterocycles. The number of aromatic nitrogens is 2. The van der Waals surface area contributed by atoms with Crippen LogP contribution in [0.15, 0.2) is 46.2 Å². The van der Waals surface area contributed by atoms with E-state index in [-0.39, 0.29) is 11.5 Å². The van der Waals surface area contributed by atoms with Gasteiger partial charge < -0.3 is 14.3 Å². The van der Waals surface area contributed by atoms with Crippen molar-refractivity contribution >= 4 is 17.3 Å². The molecule has 3 aromatic rings. The Morgan fingerprint density at radius 1 is 1.29 bits per heavy atom. The summed E-state index contributed by atoms with van der Waals surface area (Å²) in [5.41, 5.74) is 0.833. The summed E-state index contributed by atoms with van der Waals surface area (Å²) in [5, 5.41) is 18.3. The molecule has 0 amide bonds. The van der Waals surface area contributed by atoms with E-state index in [9.17, 15) is 4.79 Å². The maximum Gasteiger partial charge on any atom is 0.346 e. The van der Waals surface area contributed by atoms with Crippen LogP contribution in [0.25, 0.3) is 11.5 Å². The van der Waals surface area contributed by atoms with E-state index in [0.717, 1.165) is 16.9 Å². The lowest BCUT2D eigenvalue weighted by molar-refractivity contribution is 0.0702. The number of aromatic carboxylic acids is 1. The molecule has 0 fully saturated rings. The van der Waals surface area contributed by atoms with Crippen LogP contribution in [0, 0.1) is 0 Å². The molecule has 2 heterocycles. The van der Waals surface area contributed by atoms with Gasteiger partial charge in [0.05, 0.1) is 0 Å². The monoisotopic (exact) mass is 302 g/mol. The minimum atomic E-state index is -0.973. The first-order valence-corrected chi connectivity index (χ1v) is 6.93. The fraction of sp³-hybridized carbons (Fsp3) is 0.0714. The quantitative estimate of drug-likeness (QED) is 0.779. The summed E-state index contributed by atoms with van der Waals surface area (Å²) in [4.78, 5) is 11.0. The second-order valence-corrected chi connectivity index (χ2v) is 5.02. The molecule has 21 heavy (non-hydrogen) atoms. The lowest BCUT2D eigenvalue weighted by Gasteiger charge is -1.98. The van der Waals surface area contributed by atoms with Gasteiger partial charge in [0.1, 0.15) is 10.6 Å². The SMILES string of the molecule is O=C(O)c1cc(OCc2nnc(-c3ccccc3)o2)cs1. The van der Waals surface area contributed by atoms with Gasteiger partial charge in [0, 0.05) is 17.0 Å². The molecule has 0 bridgehead atoms. The molecule has 0 unspecified atom stereocenters. The zero-order valence-corrected chi connectivity index (χ0v) is 11.5. The van der Waals surface area contributed by atoms with E-state index < -0.39 is 5.97 Å². The smallest absolute Gasteiger partial charge is 0.346 e. The Labute approximate surface area is 123 Å². The van der Waals surface area contributed by atoms with Crippen LogP contribution < -0.4 is 4.74 Å². The van der Waals surface area contributed by atoms with Gasteiger partial charge >= 0.3 is 5.97 Å². The molecule has 0 aliphatic carbocycles. The summed E-state index contributed by atoms with van der Waals surface area (Å²) < 4.78 is 10.9. The van der Waals surface area contributed by atoms with E-state index in [4.69, 9.17) is 14.3 Å². The van der Waals surface area contributed by atoms with Crippen molar-refractivity contribution in [1.82, 2.24) is 10.2 Å². The van der Waals surface area contributed by atoms with Gasteiger partial charge in [-0.1, -0.05) is 18.2 Å². The van der Waals surface area contributed by atoms with Crippen molar-refractivity contribution in [2.24, 2.45) is 0 Å². The lowest BCUT2D eigenvalue weighted by atomic mass is 10.2. The van der Waals surface area contributed by atoms with Crippen LogP contribution in [0.4, 0.5) is 0 Å². The molecule has 106 valence electrons. The first kappa shape index (κ1) is 13.3. The zero-order valence-electron chi connectivity index (χ0n) is 10.7. The van der Waals surface area contributed by atoms with Crippen LogP contribution in [0.5, 0.6) is 5.75 Å². The normalized spacial score (nSPS) is 10.5. The van der Waals surface area contributed by atoms with E-state index in [1.54, 1.807) is 5.38 Å². The predicted molar refractivity (Wildman–Crippen MR) is 75.3 cm³/mol. The number of hydrogen-bond donors (Lipinski definition) is 1. The zero-order chi connectivity index (χ0) is 14.7. The molecule has 1 N–H and O–H groups in total. The standard InChI is InChI=1S/C14H10N2O4S/c17-14(18)11-6-10(8-21-11)19-7-12-15-16-13(20-12)9-4-2-1-3-5-9/h1-6,8H,7H2,(H,17,18). The molecule has 3 rings (SSSR count). The molecule has 0 spiro atoms. The Balaban J connectivity index is 1.66. The van der Waals surface area contributed by atoms with Crippen molar-refractivity contribution in [3.05, 3.63) is 52.5 Å². The van der Waals surface area contributed by atoms with Crippen molar-refractivity contribution < 1.29 is 19.1 Å². The summed E-state index contributed by atoms with van der Waals surface area (Å²) in [7, 11) is 0. The molecule has 0 atom stereocenters. The van der Waals surface area contributed by atoms with Crippen molar-refractivity contribution in [1.29, 1.82) is 0 Å². The van der Waals surface area contributed by atoms with Crippen LogP contribution in [-0.2, 0) is 6.61 Å². The van der Waals surface area contributed by atoms with E-state index in [0.29, 0.717) is 17.5 Å². The van der Waals surface area contributed by atoms with Crippen LogP contribution >= 0.6 is 11.3 Å². The van der Waals surface area contributed by atoms with Gasteiger partial charge in [-0.25, -0.2) is 4.79 Å². The number of carbonyl (C=O) groups is 1. The molecule has 0 aliphatic rings. The van der Waals surface area contributed by atoms with Gasteiger partial charge in [0.25, 0.3) is 5.89 Å². The summed E-state index contributed by atoms with van der Waals surface area (Å²) >= 11 is 1.10. The Hall–Kier alpha value is -2.67. The third-order valence-corrected chi connectivity index (χ3v) is 3.53. The van der Waals surface area contributed by atoms with Gasteiger partial charge in [0.2, 0.25) is 5.89 Å². The number of carboxylic acid groups (broad SMARTS) is 1. The Morgan fingerprint density at radius 3 is 2.81 bits per heavy atom. The topological polar surface area (TPSA) is 85.5 Å². The molecule has 1 aromatic carbocycles. The fourth-order valence-electron chi connectivity index (χ4n) is 1.66. The Kier molecular flexibility index (Phi) is 3.65. The van der Waals surface area contributed by atoms with Crippen molar-refractivity contribution in [2.75, 3.05) is 0 Å². The van der Waals surface area contributed by atoms with Gasteiger partial charge in [-0.05, 0) is 12.1 Å². The second-order valence-electron chi connectivity index (χ2n) is 4.11. The molecule has 6 nitrogen and oxygen atoms in total. The van der Waals surface area contributed by atoms with E-state index in [1.165, 1.54) is 6.07 Å². The van der Waals surface area contributed by atoms with Crippen molar-refractivity contribution in [3.63, 3.8) is 0 Å². The molecular formula is C14H10N2O4S. The first-order valence-electron chi connectivity index (χ1n) is 6.05. The predicted octanol–water partition coefficient (Wildman–Crippen LogP) is 3.08. The van der Waals surface area contributed by atoms with Crippen molar-refractivity contribution in [2.45, 2.75) is 6.61 Å². The molecule has 0 aliphatic heterocycles. The molecular weight excluding hydrogens is 292 g/mol. The van der Waals surface area contributed by atoms with Crippen LogP contribution in [-0.4, -0.2) is 21.3 Å². The van der Waals surface area contributed by atoms with E-state index in [2.05, 4.69) is 10.2 Å². The molecule has 7 heteroatoms. The van der Waals surface area contributed by atoms with Gasteiger partial charge in [0.15, 0.2) is 6.61 Å². The number of thiophene rings is 1. The molecule has 0 saturated heterocycles. The maximum absolute atomic E-state index is 10.8. The summed E-state index contributed by atoms with van der Waals surface area (Å²) in [6.45, 7) is 0.0929. The highest BCUT2D eigenvalue weighted by Crippen LogP contribution is 2.23. The van der Waals surface area contributed by atoms with Crippen LogP contribution in [0.2, 0.25) is 0 Å². The first-order chi connectivity index (χ1) is 10.2. The average molecular weight is 302 g/mol. The van der Waals surface area contributed by atoms with Gasteiger partial charge in [-0.15, -0.1) is 21.5 Å². The minimum absolute atomic E-state index is 0.0929. The Bertz CT molecular complexity index is 751. The van der Waals surface area contributed by atoms with E-state index in [1.807, 2.05) is 30.3 Å².